The third-order valence-electron chi connectivity index (χ3n) is 4.78. The highest BCUT2D eigenvalue weighted by molar-refractivity contribution is 7.17. The zero-order valence-corrected chi connectivity index (χ0v) is 12.9. The number of ether oxygens (including phenoxy) is 1. The molecule has 0 saturated carbocycles. The Hall–Kier alpha value is -1.24. The van der Waals surface area contributed by atoms with Gasteiger partial charge < -0.3 is 10.1 Å². The van der Waals surface area contributed by atoms with E-state index in [2.05, 4.69) is 10.3 Å². The lowest BCUT2D eigenvalue weighted by atomic mass is 9.88. The summed E-state index contributed by atoms with van der Waals surface area (Å²) in [5, 5.41) is 5.37. The van der Waals surface area contributed by atoms with Crippen LogP contribution in [0, 0.1) is 6.92 Å². The summed E-state index contributed by atoms with van der Waals surface area (Å²) in [5.41, 5.74) is 1.97. The van der Waals surface area contributed by atoms with Crippen LogP contribution < -0.4 is 10.9 Å². The highest BCUT2D eigenvalue weighted by Crippen LogP contribution is 2.38. The number of fused-ring (bicyclic) bond motifs is 1. The molecular weight excluding hydrogens is 286 g/mol. The van der Waals surface area contributed by atoms with Crippen LogP contribution in [0.4, 0.5) is 0 Å². The Morgan fingerprint density at radius 2 is 2.29 bits per heavy atom. The van der Waals surface area contributed by atoms with Gasteiger partial charge in [0.15, 0.2) is 0 Å². The number of nitrogens with zero attached hydrogens (tertiary/aromatic N) is 2. The van der Waals surface area contributed by atoms with Crippen LogP contribution in [0.15, 0.2) is 16.5 Å². The van der Waals surface area contributed by atoms with E-state index in [4.69, 9.17) is 4.74 Å². The number of aromatic nitrogens is 2. The lowest BCUT2D eigenvalue weighted by Crippen LogP contribution is -2.41. The number of thiophene rings is 1. The molecule has 2 fully saturated rings. The maximum atomic E-state index is 12.7. The fourth-order valence-electron chi connectivity index (χ4n) is 3.53. The fraction of sp³-hybridized carbons (Fsp3) is 0.600. The van der Waals surface area contributed by atoms with Gasteiger partial charge in [-0.3, -0.25) is 9.36 Å². The first-order valence-corrected chi connectivity index (χ1v) is 8.36. The summed E-state index contributed by atoms with van der Waals surface area (Å²) in [4.78, 5) is 17.2. The summed E-state index contributed by atoms with van der Waals surface area (Å²) in [6, 6.07) is 0.120. The average Bonchev–Trinajstić information content (AvgIpc) is 3.06. The van der Waals surface area contributed by atoms with E-state index in [0.717, 1.165) is 48.1 Å². The van der Waals surface area contributed by atoms with Crippen molar-refractivity contribution in [3.63, 3.8) is 0 Å². The Morgan fingerprint density at radius 3 is 3.10 bits per heavy atom. The van der Waals surface area contributed by atoms with Crippen LogP contribution in [0.1, 0.15) is 30.9 Å². The summed E-state index contributed by atoms with van der Waals surface area (Å²) in [5.74, 6) is 0. The second-order valence-corrected chi connectivity index (χ2v) is 7.04. The highest BCUT2D eigenvalue weighted by atomic mass is 32.1. The van der Waals surface area contributed by atoms with Crippen molar-refractivity contribution < 1.29 is 4.74 Å². The standard InChI is InChI=1S/C15H19N3O2S/c1-10-8-21-13-12(10)17-9-18(14(13)19)11-6-15(20-7-11)2-4-16-5-3-15/h8-9,11,16H,2-7H2,1H3/t11-/m0/s1. The maximum absolute atomic E-state index is 12.7. The molecular formula is C15H19N3O2S. The monoisotopic (exact) mass is 305 g/mol. The van der Waals surface area contributed by atoms with Crippen LogP contribution in [0.3, 0.4) is 0 Å². The Kier molecular flexibility index (Phi) is 3.13. The Balaban J connectivity index is 1.68. The first-order chi connectivity index (χ1) is 10.2. The maximum Gasteiger partial charge on any atom is 0.271 e. The molecule has 6 heteroatoms. The number of rotatable bonds is 1. The lowest BCUT2D eigenvalue weighted by molar-refractivity contribution is -0.0196. The molecule has 112 valence electrons. The summed E-state index contributed by atoms with van der Waals surface area (Å²) in [6.07, 6.45) is 4.70. The Labute approximate surface area is 127 Å². The molecule has 21 heavy (non-hydrogen) atoms. The van der Waals surface area contributed by atoms with Crippen molar-refractivity contribution in [2.75, 3.05) is 19.7 Å². The third kappa shape index (κ3) is 2.13. The molecule has 0 radical (unpaired) electrons. The molecule has 2 aromatic rings. The van der Waals surface area contributed by atoms with Crippen LogP contribution in [-0.4, -0.2) is 34.8 Å². The van der Waals surface area contributed by atoms with Crippen molar-refractivity contribution in [1.29, 1.82) is 0 Å². The zero-order chi connectivity index (χ0) is 14.4. The molecule has 0 amide bonds. The molecule has 0 bridgehead atoms. The lowest BCUT2D eigenvalue weighted by Gasteiger charge is -2.32. The van der Waals surface area contributed by atoms with Gasteiger partial charge >= 0.3 is 0 Å². The SMILES string of the molecule is Cc1csc2c(=O)n([C@@H]3COC4(CCNCC4)C3)cnc12. The number of hydrogen-bond donors (Lipinski definition) is 1. The molecule has 2 aliphatic rings. The van der Waals surface area contributed by atoms with Crippen LogP contribution in [0.5, 0.6) is 0 Å². The quantitative estimate of drug-likeness (QED) is 0.873. The van der Waals surface area contributed by atoms with Gasteiger partial charge in [0.2, 0.25) is 0 Å². The number of piperidine rings is 1. The summed E-state index contributed by atoms with van der Waals surface area (Å²) >= 11 is 1.49. The van der Waals surface area contributed by atoms with Crippen molar-refractivity contribution in [2.45, 2.75) is 37.8 Å². The number of hydrogen-bond acceptors (Lipinski definition) is 5. The first kappa shape index (κ1) is 13.4. The van der Waals surface area contributed by atoms with Gasteiger partial charge in [0, 0.05) is 0 Å². The van der Waals surface area contributed by atoms with Crippen molar-refractivity contribution in [1.82, 2.24) is 14.9 Å². The molecule has 1 N–H and O–H groups in total. The van der Waals surface area contributed by atoms with Gasteiger partial charge in [0.25, 0.3) is 5.56 Å². The van der Waals surface area contributed by atoms with Crippen LogP contribution in [0.25, 0.3) is 10.2 Å². The molecule has 1 spiro atoms. The average molecular weight is 305 g/mol. The summed E-state index contributed by atoms with van der Waals surface area (Å²) in [7, 11) is 0. The number of aryl methyl sites for hydroxylation is 1. The predicted octanol–water partition coefficient (Wildman–Crippen LogP) is 1.85. The molecule has 4 rings (SSSR count). The Bertz CT molecular complexity index is 730. The van der Waals surface area contributed by atoms with Crippen LogP contribution in [0.2, 0.25) is 0 Å². The van der Waals surface area contributed by atoms with E-state index in [1.807, 2.05) is 12.3 Å². The molecule has 2 aromatic heterocycles. The second kappa shape index (κ2) is 4.90. The van der Waals surface area contributed by atoms with Gasteiger partial charge in [0.1, 0.15) is 4.70 Å². The van der Waals surface area contributed by atoms with Gasteiger partial charge in [-0.05, 0) is 50.2 Å². The van der Waals surface area contributed by atoms with E-state index in [0.29, 0.717) is 6.61 Å². The van der Waals surface area contributed by atoms with Crippen LogP contribution >= 0.6 is 11.3 Å². The molecule has 4 heterocycles. The molecule has 5 nitrogen and oxygen atoms in total. The Morgan fingerprint density at radius 1 is 1.48 bits per heavy atom. The van der Waals surface area contributed by atoms with E-state index in [-0.39, 0.29) is 17.2 Å². The highest BCUT2D eigenvalue weighted by Gasteiger charge is 2.42. The van der Waals surface area contributed by atoms with Gasteiger partial charge in [0.05, 0.1) is 30.1 Å². The van der Waals surface area contributed by atoms with E-state index in [9.17, 15) is 4.79 Å². The van der Waals surface area contributed by atoms with Crippen molar-refractivity contribution in [3.05, 3.63) is 27.6 Å². The topological polar surface area (TPSA) is 56.1 Å². The van der Waals surface area contributed by atoms with Crippen LogP contribution in [-0.2, 0) is 4.74 Å². The van der Waals surface area contributed by atoms with Crippen molar-refractivity contribution in [3.8, 4) is 0 Å². The molecule has 0 unspecified atom stereocenters. The van der Waals surface area contributed by atoms with E-state index < -0.39 is 0 Å². The second-order valence-electron chi connectivity index (χ2n) is 6.16. The third-order valence-corrected chi connectivity index (χ3v) is 5.85. The van der Waals surface area contributed by atoms with Crippen molar-refractivity contribution in [2.24, 2.45) is 0 Å². The first-order valence-electron chi connectivity index (χ1n) is 7.48. The van der Waals surface area contributed by atoms with Crippen molar-refractivity contribution >= 4 is 21.6 Å². The van der Waals surface area contributed by atoms with E-state index in [1.54, 1.807) is 10.9 Å². The minimum atomic E-state index is -0.0321. The van der Waals surface area contributed by atoms with Gasteiger partial charge in [-0.15, -0.1) is 11.3 Å². The largest absolute Gasteiger partial charge is 0.373 e. The van der Waals surface area contributed by atoms with E-state index >= 15 is 0 Å². The zero-order valence-electron chi connectivity index (χ0n) is 12.1. The molecule has 0 aromatic carbocycles. The minimum Gasteiger partial charge on any atom is -0.373 e. The van der Waals surface area contributed by atoms with Gasteiger partial charge in [-0.2, -0.15) is 0 Å². The van der Waals surface area contributed by atoms with E-state index in [1.165, 1.54) is 11.3 Å². The van der Waals surface area contributed by atoms with Gasteiger partial charge in [-0.25, -0.2) is 4.98 Å². The fourth-order valence-corrected chi connectivity index (χ4v) is 4.47. The molecule has 0 aliphatic carbocycles. The van der Waals surface area contributed by atoms with Gasteiger partial charge in [-0.1, -0.05) is 0 Å². The summed E-state index contributed by atoms with van der Waals surface area (Å²) < 4.78 is 8.65. The molecule has 1 atom stereocenters. The predicted molar refractivity (Wildman–Crippen MR) is 83.1 cm³/mol. The minimum absolute atomic E-state index is 0.0321. The number of nitrogens with one attached hydrogen (secondary N) is 1. The normalized spacial score (nSPS) is 24.9. The molecule has 2 saturated heterocycles. The summed E-state index contributed by atoms with van der Waals surface area (Å²) in [6.45, 7) is 4.63. The smallest absolute Gasteiger partial charge is 0.271 e. The molecule has 2 aliphatic heterocycles.